The van der Waals surface area contributed by atoms with E-state index in [0.717, 1.165) is 6.42 Å². The van der Waals surface area contributed by atoms with E-state index >= 15 is 0 Å². The molecule has 1 fully saturated rings. The minimum Gasteiger partial charge on any atom is -0.480 e. The van der Waals surface area contributed by atoms with Gasteiger partial charge in [0.2, 0.25) is 0 Å². The van der Waals surface area contributed by atoms with Gasteiger partial charge in [-0.15, -0.1) is 0 Å². The highest BCUT2D eigenvalue weighted by Gasteiger charge is 2.45. The number of carboxylic acid groups (broad SMARTS) is 1. The summed E-state index contributed by atoms with van der Waals surface area (Å²) in [6.45, 7) is 0. The van der Waals surface area contributed by atoms with Gasteiger partial charge in [0.15, 0.2) is 0 Å². The Morgan fingerprint density at radius 1 is 1.41 bits per heavy atom. The van der Waals surface area contributed by atoms with Crippen molar-refractivity contribution in [3.63, 3.8) is 0 Å². The number of carbonyl (C=O) groups is 2. The van der Waals surface area contributed by atoms with E-state index < -0.39 is 17.4 Å². The van der Waals surface area contributed by atoms with Crippen LogP contribution in [-0.2, 0) is 4.79 Å². The molecule has 0 spiro atoms. The molecule has 1 aromatic heterocycles. The summed E-state index contributed by atoms with van der Waals surface area (Å²) in [6, 6.07) is 3.00. The average Bonchev–Trinajstić information content (AvgIpc) is 2.23. The van der Waals surface area contributed by atoms with Crippen molar-refractivity contribution in [2.24, 2.45) is 0 Å². The molecule has 0 radical (unpaired) electrons. The molecule has 0 bridgehead atoms. The first-order chi connectivity index (χ1) is 8.03. The molecule has 2 rings (SSSR count). The monoisotopic (exact) mass is 254 g/mol. The first-order valence-corrected chi connectivity index (χ1v) is 5.59. The molecule has 1 aliphatic rings. The third-order valence-corrected chi connectivity index (χ3v) is 3.18. The zero-order valence-corrected chi connectivity index (χ0v) is 9.70. The number of carboxylic acids is 1. The van der Waals surface area contributed by atoms with E-state index in [1.165, 1.54) is 18.3 Å². The molecule has 90 valence electrons. The van der Waals surface area contributed by atoms with Gasteiger partial charge in [0, 0.05) is 6.20 Å². The summed E-state index contributed by atoms with van der Waals surface area (Å²) in [4.78, 5) is 26.7. The fourth-order valence-electron chi connectivity index (χ4n) is 1.72. The van der Waals surface area contributed by atoms with Crippen LogP contribution in [0.25, 0.3) is 0 Å². The second kappa shape index (κ2) is 4.33. The maximum atomic E-state index is 11.8. The number of halogens is 1. The average molecular weight is 255 g/mol. The van der Waals surface area contributed by atoms with Gasteiger partial charge < -0.3 is 10.4 Å². The molecule has 0 atom stereocenters. The molecule has 17 heavy (non-hydrogen) atoms. The lowest BCUT2D eigenvalue weighted by atomic mass is 9.76. The Morgan fingerprint density at radius 2 is 2.12 bits per heavy atom. The van der Waals surface area contributed by atoms with Crippen LogP contribution in [0.1, 0.15) is 29.6 Å². The van der Waals surface area contributed by atoms with Gasteiger partial charge in [0.1, 0.15) is 10.7 Å². The lowest BCUT2D eigenvalue weighted by Gasteiger charge is -2.38. The fourth-order valence-corrected chi connectivity index (χ4v) is 1.83. The number of carbonyl (C=O) groups excluding carboxylic acids is 1. The summed E-state index contributed by atoms with van der Waals surface area (Å²) < 4.78 is 0. The first-order valence-electron chi connectivity index (χ1n) is 5.21. The number of pyridine rings is 1. The molecule has 6 heteroatoms. The Hall–Kier alpha value is -1.62. The van der Waals surface area contributed by atoms with Crippen LogP contribution < -0.4 is 5.32 Å². The highest BCUT2D eigenvalue weighted by Crippen LogP contribution is 2.32. The normalized spacial score (nSPS) is 17.0. The van der Waals surface area contributed by atoms with Crippen molar-refractivity contribution < 1.29 is 14.7 Å². The van der Waals surface area contributed by atoms with Gasteiger partial charge in [-0.3, -0.25) is 4.79 Å². The molecule has 1 aliphatic carbocycles. The summed E-state index contributed by atoms with van der Waals surface area (Å²) in [5, 5.41) is 11.9. The maximum absolute atomic E-state index is 11.8. The molecule has 0 saturated heterocycles. The quantitative estimate of drug-likeness (QED) is 0.801. The van der Waals surface area contributed by atoms with E-state index in [9.17, 15) is 9.59 Å². The zero-order chi connectivity index (χ0) is 12.5. The third-order valence-electron chi connectivity index (χ3n) is 2.96. The second-order valence-corrected chi connectivity index (χ2v) is 4.45. The van der Waals surface area contributed by atoms with Crippen LogP contribution in [0, 0.1) is 0 Å². The Labute approximate surface area is 103 Å². The Morgan fingerprint density at radius 3 is 2.53 bits per heavy atom. The number of hydrogen-bond acceptors (Lipinski definition) is 3. The summed E-state index contributed by atoms with van der Waals surface area (Å²) >= 11 is 5.60. The van der Waals surface area contributed by atoms with Crippen LogP contribution in [-0.4, -0.2) is 27.5 Å². The molecule has 1 aromatic rings. The number of aromatic nitrogens is 1. The van der Waals surface area contributed by atoms with E-state index in [1.807, 2.05) is 0 Å². The molecular formula is C11H11ClN2O3. The van der Waals surface area contributed by atoms with Crippen LogP contribution in [0.4, 0.5) is 0 Å². The van der Waals surface area contributed by atoms with Crippen LogP contribution in [0.3, 0.4) is 0 Å². The number of aliphatic carboxylic acids is 1. The summed E-state index contributed by atoms with van der Waals surface area (Å²) in [7, 11) is 0. The SMILES string of the molecule is O=C(NC1(C(=O)O)CCC1)c1ccc(Cl)nc1. The van der Waals surface area contributed by atoms with Crippen LogP contribution >= 0.6 is 11.6 Å². The van der Waals surface area contributed by atoms with E-state index in [1.54, 1.807) is 0 Å². The summed E-state index contributed by atoms with van der Waals surface area (Å²) in [5.74, 6) is -1.42. The molecule has 5 nitrogen and oxygen atoms in total. The van der Waals surface area contributed by atoms with E-state index in [4.69, 9.17) is 16.7 Å². The minimum atomic E-state index is -1.10. The van der Waals surface area contributed by atoms with Crippen molar-refractivity contribution in [1.29, 1.82) is 0 Å². The van der Waals surface area contributed by atoms with Crippen molar-refractivity contribution in [2.75, 3.05) is 0 Å². The molecule has 0 unspecified atom stereocenters. The van der Waals surface area contributed by atoms with E-state index in [-0.39, 0.29) is 5.15 Å². The highest BCUT2D eigenvalue weighted by molar-refractivity contribution is 6.29. The predicted octanol–water partition coefficient (Wildman–Crippen LogP) is 1.47. The molecule has 0 aromatic carbocycles. The highest BCUT2D eigenvalue weighted by atomic mass is 35.5. The summed E-state index contributed by atoms with van der Waals surface area (Å²) in [6.07, 6.45) is 3.07. The topological polar surface area (TPSA) is 79.3 Å². The molecule has 1 heterocycles. The predicted molar refractivity (Wildman–Crippen MR) is 60.9 cm³/mol. The number of nitrogens with zero attached hydrogens (tertiary/aromatic N) is 1. The standard InChI is InChI=1S/C11H11ClN2O3/c12-8-3-2-7(6-13-8)9(15)14-11(10(16)17)4-1-5-11/h2-3,6H,1,4-5H2,(H,14,15)(H,16,17). The van der Waals surface area contributed by atoms with Crippen LogP contribution in [0.15, 0.2) is 18.3 Å². The van der Waals surface area contributed by atoms with E-state index in [2.05, 4.69) is 10.3 Å². The van der Waals surface area contributed by atoms with Gasteiger partial charge in [-0.05, 0) is 31.4 Å². The lowest BCUT2D eigenvalue weighted by Crippen LogP contribution is -2.59. The first kappa shape index (κ1) is 11.9. The smallest absolute Gasteiger partial charge is 0.329 e. The Bertz CT molecular complexity index is 454. The van der Waals surface area contributed by atoms with Crippen molar-refractivity contribution in [2.45, 2.75) is 24.8 Å². The third kappa shape index (κ3) is 2.24. The maximum Gasteiger partial charge on any atom is 0.329 e. The van der Waals surface area contributed by atoms with Crippen molar-refractivity contribution in [3.05, 3.63) is 29.0 Å². The van der Waals surface area contributed by atoms with Crippen molar-refractivity contribution in [3.8, 4) is 0 Å². The Balaban J connectivity index is 2.11. The number of nitrogens with one attached hydrogen (secondary N) is 1. The van der Waals surface area contributed by atoms with Gasteiger partial charge >= 0.3 is 5.97 Å². The molecule has 1 amide bonds. The Kier molecular flexibility index (Phi) is 3.02. The van der Waals surface area contributed by atoms with Crippen molar-refractivity contribution in [1.82, 2.24) is 10.3 Å². The number of amides is 1. The lowest BCUT2D eigenvalue weighted by molar-refractivity contribution is -0.148. The van der Waals surface area contributed by atoms with Crippen molar-refractivity contribution >= 4 is 23.5 Å². The second-order valence-electron chi connectivity index (χ2n) is 4.06. The minimum absolute atomic E-state index is 0.290. The molecule has 0 aliphatic heterocycles. The largest absolute Gasteiger partial charge is 0.480 e. The number of hydrogen-bond donors (Lipinski definition) is 2. The zero-order valence-electron chi connectivity index (χ0n) is 8.94. The van der Waals surface area contributed by atoms with Crippen LogP contribution in [0.5, 0.6) is 0 Å². The van der Waals surface area contributed by atoms with Gasteiger partial charge in [0.25, 0.3) is 5.91 Å². The van der Waals surface area contributed by atoms with Gasteiger partial charge in [-0.2, -0.15) is 0 Å². The van der Waals surface area contributed by atoms with Crippen LogP contribution in [0.2, 0.25) is 5.15 Å². The van der Waals surface area contributed by atoms with Gasteiger partial charge in [0.05, 0.1) is 5.56 Å². The summed E-state index contributed by atoms with van der Waals surface area (Å²) in [5.41, 5.74) is -0.793. The molecule has 1 saturated carbocycles. The number of rotatable bonds is 3. The molecular weight excluding hydrogens is 244 g/mol. The fraction of sp³-hybridized carbons (Fsp3) is 0.364. The van der Waals surface area contributed by atoms with E-state index in [0.29, 0.717) is 18.4 Å². The van der Waals surface area contributed by atoms with Gasteiger partial charge in [-0.1, -0.05) is 11.6 Å². The van der Waals surface area contributed by atoms with Gasteiger partial charge in [-0.25, -0.2) is 9.78 Å². The molecule has 2 N–H and O–H groups in total.